The van der Waals surface area contributed by atoms with Crippen molar-refractivity contribution in [2.45, 2.75) is 32.8 Å². The molecule has 0 radical (unpaired) electrons. The molecule has 5 rings (SSSR count). The van der Waals surface area contributed by atoms with Crippen LogP contribution in [0.25, 0.3) is 22.4 Å². The van der Waals surface area contributed by atoms with Crippen LogP contribution >= 0.6 is 0 Å². The van der Waals surface area contributed by atoms with E-state index in [0.29, 0.717) is 24.6 Å². The van der Waals surface area contributed by atoms with Crippen LogP contribution in [-0.4, -0.2) is 31.0 Å². The van der Waals surface area contributed by atoms with Gasteiger partial charge in [0.1, 0.15) is 6.61 Å². The van der Waals surface area contributed by atoms with E-state index in [4.69, 9.17) is 9.84 Å². The molecule has 7 heteroatoms. The lowest BCUT2D eigenvalue weighted by atomic mass is 9.92. The predicted molar refractivity (Wildman–Crippen MR) is 127 cm³/mol. The maximum absolute atomic E-state index is 11.0. The molecule has 2 heterocycles. The molecule has 2 atom stereocenters. The molecular weight excluding hydrogens is 428 g/mol. The average molecular weight is 453 g/mol. The van der Waals surface area contributed by atoms with Gasteiger partial charge < -0.3 is 9.84 Å². The number of ether oxygens (including phenoxy) is 1. The zero-order valence-electron chi connectivity index (χ0n) is 19.0. The van der Waals surface area contributed by atoms with Gasteiger partial charge in [0.25, 0.3) is 0 Å². The van der Waals surface area contributed by atoms with Crippen molar-refractivity contribution < 1.29 is 14.6 Å². The summed E-state index contributed by atoms with van der Waals surface area (Å²) in [4.78, 5) is 28.3. The minimum absolute atomic E-state index is 0.0393. The highest BCUT2D eigenvalue weighted by molar-refractivity contribution is 5.76. The van der Waals surface area contributed by atoms with Gasteiger partial charge >= 0.3 is 5.97 Å². The van der Waals surface area contributed by atoms with Crippen molar-refractivity contribution in [3.8, 4) is 28.3 Å². The SMILES string of the molecule is Cc1cc(-c2cnccn2)cc(C)c1-c1cccc(COc2cnc(C3C[C@H]3C(=O)O)cn2)c1. The number of hydrogen-bond acceptors (Lipinski definition) is 6. The number of aryl methyl sites for hydroxylation is 2. The van der Waals surface area contributed by atoms with Crippen LogP contribution in [0.5, 0.6) is 5.88 Å². The Balaban J connectivity index is 1.30. The Hall–Kier alpha value is -4.13. The van der Waals surface area contributed by atoms with Crippen molar-refractivity contribution in [2.75, 3.05) is 0 Å². The van der Waals surface area contributed by atoms with Crippen LogP contribution in [0.2, 0.25) is 0 Å². The first-order valence-corrected chi connectivity index (χ1v) is 11.1. The van der Waals surface area contributed by atoms with E-state index in [0.717, 1.165) is 22.4 Å². The lowest BCUT2D eigenvalue weighted by Gasteiger charge is -2.14. The Kier molecular flexibility index (Phi) is 5.76. The monoisotopic (exact) mass is 452 g/mol. The predicted octanol–water partition coefficient (Wildman–Crippen LogP) is 4.98. The number of aliphatic carboxylic acids is 1. The molecule has 34 heavy (non-hydrogen) atoms. The third kappa shape index (κ3) is 4.50. The molecule has 7 nitrogen and oxygen atoms in total. The molecule has 2 aromatic heterocycles. The molecular formula is C27H24N4O3. The lowest BCUT2D eigenvalue weighted by molar-refractivity contribution is -0.138. The van der Waals surface area contributed by atoms with E-state index in [1.165, 1.54) is 16.7 Å². The lowest BCUT2D eigenvalue weighted by Crippen LogP contribution is -2.02. The maximum Gasteiger partial charge on any atom is 0.307 e. The molecule has 0 amide bonds. The van der Waals surface area contributed by atoms with Gasteiger partial charge in [-0.3, -0.25) is 19.7 Å². The van der Waals surface area contributed by atoms with Crippen molar-refractivity contribution in [3.63, 3.8) is 0 Å². The van der Waals surface area contributed by atoms with Crippen LogP contribution in [0.3, 0.4) is 0 Å². The van der Waals surface area contributed by atoms with Crippen LogP contribution in [0.15, 0.2) is 67.4 Å². The van der Waals surface area contributed by atoms with Gasteiger partial charge in [0.15, 0.2) is 0 Å². The van der Waals surface area contributed by atoms with Gasteiger partial charge in [-0.1, -0.05) is 18.2 Å². The van der Waals surface area contributed by atoms with Gasteiger partial charge in [0, 0.05) is 23.9 Å². The van der Waals surface area contributed by atoms with Crippen LogP contribution in [0, 0.1) is 19.8 Å². The molecule has 0 saturated heterocycles. The van der Waals surface area contributed by atoms with Gasteiger partial charge in [-0.05, 0) is 66.3 Å². The summed E-state index contributed by atoms with van der Waals surface area (Å²) in [5.74, 6) is -0.740. The summed E-state index contributed by atoms with van der Waals surface area (Å²) < 4.78 is 5.84. The molecule has 1 N–H and O–H groups in total. The van der Waals surface area contributed by atoms with Crippen LogP contribution in [-0.2, 0) is 11.4 Å². The standard InChI is InChI=1S/C27H24N4O3/c1-16-8-20(23-12-28-6-7-29-23)9-17(2)26(16)19-5-3-4-18(10-19)15-34-25-14-30-24(13-31-25)21-11-22(21)27(32)33/h3-10,12-14,21-22H,11,15H2,1-2H3,(H,32,33)/t21?,22-/m1/s1. The van der Waals surface area contributed by atoms with Crippen LogP contribution in [0.1, 0.15) is 34.7 Å². The van der Waals surface area contributed by atoms with Gasteiger partial charge in [0.05, 0.1) is 35.9 Å². The van der Waals surface area contributed by atoms with Gasteiger partial charge in [-0.15, -0.1) is 0 Å². The minimum Gasteiger partial charge on any atom is -0.481 e. The fourth-order valence-electron chi connectivity index (χ4n) is 4.38. The first-order valence-electron chi connectivity index (χ1n) is 11.1. The number of carboxylic acid groups (broad SMARTS) is 1. The summed E-state index contributed by atoms with van der Waals surface area (Å²) in [7, 11) is 0. The Labute approximate surface area is 197 Å². The van der Waals surface area contributed by atoms with Gasteiger partial charge in [0.2, 0.25) is 5.88 Å². The fourth-order valence-corrected chi connectivity index (χ4v) is 4.38. The number of carboxylic acids is 1. The Morgan fingerprint density at radius 2 is 1.82 bits per heavy atom. The topological polar surface area (TPSA) is 98.1 Å². The number of nitrogens with zero attached hydrogens (tertiary/aromatic N) is 4. The third-order valence-corrected chi connectivity index (χ3v) is 6.13. The highest BCUT2D eigenvalue weighted by Gasteiger charge is 2.45. The molecule has 1 aliphatic carbocycles. The summed E-state index contributed by atoms with van der Waals surface area (Å²) in [5.41, 5.74) is 8.28. The second kappa shape index (κ2) is 9.02. The van der Waals surface area contributed by atoms with E-state index in [1.54, 1.807) is 31.0 Å². The molecule has 0 bridgehead atoms. The minimum atomic E-state index is -0.777. The molecule has 1 unspecified atom stereocenters. The van der Waals surface area contributed by atoms with Crippen molar-refractivity contribution in [1.29, 1.82) is 0 Å². The molecule has 170 valence electrons. The molecule has 1 saturated carbocycles. The second-order valence-electron chi connectivity index (χ2n) is 8.63. The number of carbonyl (C=O) groups is 1. The quantitative estimate of drug-likeness (QED) is 0.422. The molecule has 1 fully saturated rings. The Morgan fingerprint density at radius 1 is 1.00 bits per heavy atom. The number of aromatic nitrogens is 4. The zero-order chi connectivity index (χ0) is 23.7. The number of benzene rings is 2. The summed E-state index contributed by atoms with van der Waals surface area (Å²) in [6.45, 7) is 4.58. The van der Waals surface area contributed by atoms with Crippen molar-refractivity contribution in [1.82, 2.24) is 19.9 Å². The van der Waals surface area contributed by atoms with E-state index >= 15 is 0 Å². The van der Waals surface area contributed by atoms with Crippen LogP contribution in [0.4, 0.5) is 0 Å². The summed E-state index contributed by atoms with van der Waals surface area (Å²) >= 11 is 0. The van der Waals surface area contributed by atoms with E-state index < -0.39 is 5.97 Å². The van der Waals surface area contributed by atoms with Crippen LogP contribution < -0.4 is 4.74 Å². The first-order chi connectivity index (χ1) is 16.5. The molecule has 0 aliphatic heterocycles. The van der Waals surface area contributed by atoms with E-state index in [-0.39, 0.29) is 11.8 Å². The highest BCUT2D eigenvalue weighted by atomic mass is 16.5. The van der Waals surface area contributed by atoms with Crippen molar-refractivity contribution >= 4 is 5.97 Å². The summed E-state index contributed by atoms with van der Waals surface area (Å²) in [6.07, 6.45) is 8.95. The normalized spacial score (nSPS) is 16.8. The largest absolute Gasteiger partial charge is 0.481 e. The smallest absolute Gasteiger partial charge is 0.307 e. The van der Waals surface area contributed by atoms with E-state index in [1.807, 2.05) is 12.1 Å². The van der Waals surface area contributed by atoms with Crippen molar-refractivity contribution in [2.24, 2.45) is 5.92 Å². The molecule has 2 aromatic carbocycles. The van der Waals surface area contributed by atoms with Gasteiger partial charge in [-0.25, -0.2) is 4.98 Å². The number of hydrogen-bond donors (Lipinski definition) is 1. The van der Waals surface area contributed by atoms with E-state index in [2.05, 4.69) is 58.0 Å². The Bertz CT molecular complexity index is 1320. The average Bonchev–Trinajstić information content (AvgIpc) is 3.65. The first kappa shape index (κ1) is 21.7. The second-order valence-corrected chi connectivity index (χ2v) is 8.63. The zero-order valence-corrected chi connectivity index (χ0v) is 19.0. The fraction of sp³-hybridized carbons (Fsp3) is 0.222. The Morgan fingerprint density at radius 3 is 2.47 bits per heavy atom. The summed E-state index contributed by atoms with van der Waals surface area (Å²) in [6, 6.07) is 12.6. The highest BCUT2D eigenvalue weighted by Crippen LogP contribution is 2.46. The number of rotatable bonds is 7. The van der Waals surface area contributed by atoms with Gasteiger partial charge in [-0.2, -0.15) is 0 Å². The molecule has 1 aliphatic rings. The molecule has 4 aromatic rings. The third-order valence-electron chi connectivity index (χ3n) is 6.13. The maximum atomic E-state index is 11.0. The molecule has 0 spiro atoms. The van der Waals surface area contributed by atoms with E-state index in [9.17, 15) is 4.79 Å². The van der Waals surface area contributed by atoms with Crippen molar-refractivity contribution in [3.05, 3.63) is 89.8 Å². The summed E-state index contributed by atoms with van der Waals surface area (Å²) in [5, 5.41) is 9.08.